The lowest BCUT2D eigenvalue weighted by atomic mass is 9.44. The van der Waals surface area contributed by atoms with Gasteiger partial charge in [0, 0.05) is 30.1 Å². The summed E-state index contributed by atoms with van der Waals surface area (Å²) in [6.45, 7) is 11.3. The van der Waals surface area contributed by atoms with Crippen LogP contribution in [-0.4, -0.2) is 22.9 Å². The van der Waals surface area contributed by atoms with Crippen LogP contribution in [0.15, 0.2) is 30.5 Å². The number of para-hydroxylation sites is 1. The van der Waals surface area contributed by atoms with Gasteiger partial charge in [0.25, 0.3) is 0 Å². The maximum absolute atomic E-state index is 10.7. The number of aromatic nitrogens is 1. The highest BCUT2D eigenvalue weighted by molar-refractivity contribution is 5.83. The Morgan fingerprint density at radius 2 is 1.75 bits per heavy atom. The van der Waals surface area contributed by atoms with E-state index in [2.05, 4.69) is 62.3 Å². The Balaban J connectivity index is 0.958. The molecule has 2 aromatic rings. The van der Waals surface area contributed by atoms with Crippen molar-refractivity contribution in [3.8, 4) is 0 Å². The summed E-state index contributed by atoms with van der Waals surface area (Å²) >= 11 is 0. The largest absolute Gasteiger partial charge is 0.378 e. The van der Waals surface area contributed by atoms with Gasteiger partial charge >= 0.3 is 0 Å². The second kappa shape index (κ2) is 11.8. The average molecular weight is 547 g/mol. The summed E-state index contributed by atoms with van der Waals surface area (Å²) in [6, 6.07) is 8.36. The molecule has 3 N–H and O–H groups in total. The molecule has 0 radical (unpaired) electrons. The first-order valence-electron chi connectivity index (χ1n) is 17.3. The molecular formula is C37H58N2O. The maximum Gasteiger partial charge on any atom is 0.109 e. The summed E-state index contributed by atoms with van der Waals surface area (Å²) in [5.74, 6) is 6.46. The van der Waals surface area contributed by atoms with Crippen LogP contribution in [0.4, 0.5) is 0 Å². The van der Waals surface area contributed by atoms with Crippen molar-refractivity contribution in [1.82, 2.24) is 10.3 Å². The van der Waals surface area contributed by atoms with Gasteiger partial charge in [0.15, 0.2) is 0 Å². The molecule has 222 valence electrons. The van der Waals surface area contributed by atoms with Gasteiger partial charge < -0.3 is 10.1 Å². The number of rotatable bonds is 10. The molecular weight excluding hydrogens is 488 g/mol. The highest BCUT2D eigenvalue weighted by Crippen LogP contribution is 2.68. The van der Waals surface area contributed by atoms with Crippen molar-refractivity contribution in [1.29, 1.82) is 0 Å². The van der Waals surface area contributed by atoms with E-state index >= 15 is 0 Å². The quantitative estimate of drug-likeness (QED) is 0.260. The summed E-state index contributed by atoms with van der Waals surface area (Å²) < 4.78 is 0. The standard InChI is InChI=1S/C37H58N2O/c1-25(23-39-35(40)22-27-24-38-34-14-6-5-13-29(27)34)10-9-11-26(2)31-17-18-32-30-16-15-28-12-7-8-20-36(28,3)33(30)19-21-37(31,32)4/h5-6,13-14,24-26,28,30-33,35,38-40H,7-12,15-23H2,1-4H3/t25?,26?,28?,30-,31+,32-,33-,35?,36-,37+/m0/s1. The molecule has 0 bridgehead atoms. The van der Waals surface area contributed by atoms with E-state index in [4.69, 9.17) is 0 Å². The van der Waals surface area contributed by atoms with Gasteiger partial charge in [-0.15, -0.1) is 0 Å². The van der Waals surface area contributed by atoms with Crippen molar-refractivity contribution < 1.29 is 5.11 Å². The molecule has 1 heterocycles. The number of benzene rings is 1. The van der Waals surface area contributed by atoms with Crippen LogP contribution in [-0.2, 0) is 6.42 Å². The zero-order valence-electron chi connectivity index (χ0n) is 26.1. The highest BCUT2D eigenvalue weighted by Gasteiger charge is 2.60. The third-order valence-electron chi connectivity index (χ3n) is 13.5. The van der Waals surface area contributed by atoms with Crippen LogP contribution in [0.2, 0.25) is 0 Å². The minimum absolute atomic E-state index is 0.489. The van der Waals surface area contributed by atoms with Crippen molar-refractivity contribution in [2.45, 2.75) is 124 Å². The highest BCUT2D eigenvalue weighted by atomic mass is 16.3. The number of hydrogen-bond acceptors (Lipinski definition) is 2. The first-order valence-corrected chi connectivity index (χ1v) is 17.3. The number of nitrogens with one attached hydrogen (secondary N) is 2. The average Bonchev–Trinajstić information content (AvgIpc) is 3.52. The Kier molecular flexibility index (Phi) is 8.46. The number of H-pyrrole nitrogens is 1. The second-order valence-corrected chi connectivity index (χ2v) is 15.6. The number of aliphatic hydroxyl groups excluding tert-OH is 1. The summed E-state index contributed by atoms with van der Waals surface area (Å²) in [6.07, 6.45) is 21.3. The fraction of sp³-hybridized carbons (Fsp3) is 0.784. The van der Waals surface area contributed by atoms with Gasteiger partial charge in [0.1, 0.15) is 6.23 Å². The topological polar surface area (TPSA) is 48.0 Å². The maximum atomic E-state index is 10.7. The van der Waals surface area contributed by atoms with Crippen LogP contribution in [0, 0.1) is 52.3 Å². The summed E-state index contributed by atoms with van der Waals surface area (Å²) in [7, 11) is 0. The normalized spacial score (nSPS) is 37.9. The molecule has 10 atom stereocenters. The molecule has 1 aromatic heterocycles. The van der Waals surface area contributed by atoms with Gasteiger partial charge in [-0.3, -0.25) is 5.32 Å². The van der Waals surface area contributed by atoms with E-state index < -0.39 is 6.23 Å². The lowest BCUT2D eigenvalue weighted by Gasteiger charge is -2.61. The van der Waals surface area contributed by atoms with Crippen molar-refractivity contribution >= 4 is 10.9 Å². The lowest BCUT2D eigenvalue weighted by Crippen LogP contribution is -2.53. The number of aliphatic hydroxyl groups is 1. The van der Waals surface area contributed by atoms with Crippen molar-refractivity contribution in [3.63, 3.8) is 0 Å². The molecule has 0 aliphatic heterocycles. The van der Waals surface area contributed by atoms with Gasteiger partial charge in [-0.2, -0.15) is 0 Å². The van der Waals surface area contributed by atoms with Crippen LogP contribution in [0.3, 0.4) is 0 Å². The van der Waals surface area contributed by atoms with Gasteiger partial charge in [-0.1, -0.05) is 71.6 Å². The predicted octanol–water partition coefficient (Wildman–Crippen LogP) is 9.11. The van der Waals surface area contributed by atoms with E-state index in [-0.39, 0.29) is 0 Å². The summed E-state index contributed by atoms with van der Waals surface area (Å²) in [5, 5.41) is 15.3. The van der Waals surface area contributed by atoms with Gasteiger partial charge in [0.05, 0.1) is 0 Å². The van der Waals surface area contributed by atoms with Crippen LogP contribution < -0.4 is 5.32 Å². The number of aromatic amines is 1. The molecule has 3 nitrogen and oxygen atoms in total. The Hall–Kier alpha value is -1.32. The summed E-state index contributed by atoms with van der Waals surface area (Å²) in [5.41, 5.74) is 3.60. The molecule has 4 unspecified atom stereocenters. The molecule has 3 heteroatoms. The Morgan fingerprint density at radius 3 is 2.62 bits per heavy atom. The van der Waals surface area contributed by atoms with Crippen LogP contribution in [0.25, 0.3) is 10.9 Å². The van der Waals surface area contributed by atoms with Gasteiger partial charge in [-0.25, -0.2) is 0 Å². The second-order valence-electron chi connectivity index (χ2n) is 15.6. The van der Waals surface area contributed by atoms with Crippen LogP contribution >= 0.6 is 0 Å². The molecule has 4 aliphatic carbocycles. The molecule has 4 fully saturated rings. The third kappa shape index (κ3) is 5.32. The molecule has 4 saturated carbocycles. The van der Waals surface area contributed by atoms with E-state index in [0.29, 0.717) is 23.2 Å². The van der Waals surface area contributed by atoms with Crippen molar-refractivity contribution in [2.24, 2.45) is 52.3 Å². The van der Waals surface area contributed by atoms with Gasteiger partial charge in [0.2, 0.25) is 0 Å². The molecule has 0 amide bonds. The first kappa shape index (κ1) is 28.8. The SMILES string of the molecule is CC(CCCC(C)[C@H]1CC[C@H]2[C@@H]3CCC4CCCC[C@]4(C)[C@H]3CC[C@]12C)CNC(O)Cc1c[nH]c2ccccc12. The Bertz CT molecular complexity index is 1120. The van der Waals surface area contributed by atoms with Crippen molar-refractivity contribution in [2.75, 3.05) is 6.54 Å². The van der Waals surface area contributed by atoms with E-state index in [1.807, 2.05) is 6.20 Å². The van der Waals surface area contributed by atoms with E-state index in [9.17, 15) is 5.11 Å². The smallest absolute Gasteiger partial charge is 0.109 e. The van der Waals surface area contributed by atoms with E-state index in [1.165, 1.54) is 88.0 Å². The van der Waals surface area contributed by atoms with Crippen LogP contribution in [0.5, 0.6) is 0 Å². The molecule has 6 rings (SSSR count). The summed E-state index contributed by atoms with van der Waals surface area (Å²) in [4.78, 5) is 3.33. The van der Waals surface area contributed by atoms with Gasteiger partial charge in [-0.05, 0) is 122 Å². The molecule has 1 aromatic carbocycles. The van der Waals surface area contributed by atoms with E-state index in [1.54, 1.807) is 6.42 Å². The monoisotopic (exact) mass is 546 g/mol. The molecule has 0 saturated heterocycles. The minimum atomic E-state index is -0.489. The lowest BCUT2D eigenvalue weighted by molar-refractivity contribution is -0.114. The zero-order valence-corrected chi connectivity index (χ0v) is 26.1. The van der Waals surface area contributed by atoms with E-state index in [0.717, 1.165) is 47.6 Å². The number of hydrogen-bond donors (Lipinski definition) is 3. The fourth-order valence-corrected chi connectivity index (χ4v) is 11.3. The Morgan fingerprint density at radius 1 is 0.925 bits per heavy atom. The predicted molar refractivity (Wildman–Crippen MR) is 168 cm³/mol. The number of fused-ring (bicyclic) bond motifs is 6. The molecule has 40 heavy (non-hydrogen) atoms. The minimum Gasteiger partial charge on any atom is -0.378 e. The first-order chi connectivity index (χ1) is 19.3. The van der Waals surface area contributed by atoms with Crippen LogP contribution in [0.1, 0.15) is 117 Å². The zero-order chi connectivity index (χ0) is 27.9. The molecule has 0 spiro atoms. The van der Waals surface area contributed by atoms with Crippen molar-refractivity contribution in [3.05, 3.63) is 36.0 Å². The molecule has 4 aliphatic rings. The Labute approximate surface area is 244 Å². The fourth-order valence-electron chi connectivity index (χ4n) is 11.3. The third-order valence-corrected chi connectivity index (χ3v) is 13.5.